The van der Waals surface area contributed by atoms with Crippen LogP contribution in [0.3, 0.4) is 0 Å². The molecule has 0 fully saturated rings. The molecule has 0 radical (unpaired) electrons. The zero-order chi connectivity index (χ0) is 15.9. The molecule has 0 aliphatic carbocycles. The molecule has 1 aliphatic heterocycles. The Balaban J connectivity index is 1.99. The van der Waals surface area contributed by atoms with Crippen molar-refractivity contribution in [2.75, 3.05) is 13.2 Å². The van der Waals surface area contributed by atoms with Gasteiger partial charge >= 0.3 is 0 Å². The number of aromatic nitrogens is 2. The SMILES string of the molecule is Cc1nn(C)c(Cl)c1C(=O)N1CCOc2ccccc2C1C. The van der Waals surface area contributed by atoms with E-state index in [4.69, 9.17) is 16.3 Å². The predicted molar refractivity (Wildman–Crippen MR) is 84.3 cm³/mol. The van der Waals surface area contributed by atoms with Gasteiger partial charge in [0.05, 0.1) is 23.8 Å². The summed E-state index contributed by atoms with van der Waals surface area (Å²) in [5.74, 6) is 0.725. The summed E-state index contributed by atoms with van der Waals surface area (Å²) >= 11 is 6.24. The maximum Gasteiger partial charge on any atom is 0.259 e. The lowest BCUT2D eigenvalue weighted by Crippen LogP contribution is -2.35. The first-order valence-electron chi connectivity index (χ1n) is 7.22. The van der Waals surface area contributed by atoms with Gasteiger partial charge in [-0.05, 0) is 19.9 Å². The van der Waals surface area contributed by atoms with Crippen LogP contribution in [0.5, 0.6) is 5.75 Å². The average Bonchev–Trinajstić information content (AvgIpc) is 2.67. The highest BCUT2D eigenvalue weighted by Gasteiger charge is 2.30. The molecule has 2 heterocycles. The molecule has 116 valence electrons. The van der Waals surface area contributed by atoms with Crippen LogP contribution in [0, 0.1) is 6.92 Å². The average molecular weight is 320 g/mol. The predicted octanol–water partition coefficient (Wildman–Crippen LogP) is 2.98. The topological polar surface area (TPSA) is 47.4 Å². The van der Waals surface area contributed by atoms with E-state index in [1.54, 1.807) is 18.9 Å². The van der Waals surface area contributed by atoms with E-state index in [-0.39, 0.29) is 11.9 Å². The molecular weight excluding hydrogens is 302 g/mol. The number of amides is 1. The third-order valence-corrected chi connectivity index (χ3v) is 4.49. The van der Waals surface area contributed by atoms with E-state index in [1.807, 2.05) is 31.2 Å². The van der Waals surface area contributed by atoms with E-state index < -0.39 is 0 Å². The molecule has 0 N–H and O–H groups in total. The Bertz CT molecular complexity index is 726. The van der Waals surface area contributed by atoms with Gasteiger partial charge in [0.1, 0.15) is 17.5 Å². The van der Waals surface area contributed by atoms with Crippen molar-refractivity contribution in [1.82, 2.24) is 14.7 Å². The van der Waals surface area contributed by atoms with Crippen LogP contribution in [0.1, 0.15) is 34.6 Å². The summed E-state index contributed by atoms with van der Waals surface area (Å²) in [5.41, 5.74) is 2.12. The van der Waals surface area contributed by atoms with Gasteiger partial charge in [-0.15, -0.1) is 0 Å². The quantitative estimate of drug-likeness (QED) is 0.812. The third kappa shape index (κ3) is 2.35. The number of para-hydroxylation sites is 1. The van der Waals surface area contributed by atoms with Crippen molar-refractivity contribution in [3.8, 4) is 5.75 Å². The fourth-order valence-corrected chi connectivity index (χ4v) is 3.12. The molecule has 22 heavy (non-hydrogen) atoms. The Kier molecular flexibility index (Phi) is 3.83. The standard InChI is InChI=1S/C16H18ClN3O2/c1-10-14(15(17)19(3)18-10)16(21)20-8-9-22-13-7-5-4-6-12(13)11(20)2/h4-7,11H,8-9H2,1-3H3. The van der Waals surface area contributed by atoms with Crippen molar-refractivity contribution in [2.45, 2.75) is 19.9 Å². The first-order chi connectivity index (χ1) is 10.5. The number of rotatable bonds is 1. The minimum absolute atomic E-state index is 0.0816. The summed E-state index contributed by atoms with van der Waals surface area (Å²) in [5, 5.41) is 4.59. The van der Waals surface area contributed by atoms with Crippen LogP contribution < -0.4 is 4.74 Å². The third-order valence-electron chi connectivity index (χ3n) is 4.05. The number of carbonyl (C=O) groups excluding carboxylic acids is 1. The van der Waals surface area contributed by atoms with Gasteiger partial charge in [0, 0.05) is 12.6 Å². The molecule has 0 saturated heterocycles. The molecule has 3 rings (SSSR count). The van der Waals surface area contributed by atoms with Gasteiger partial charge in [-0.3, -0.25) is 9.48 Å². The van der Waals surface area contributed by atoms with Crippen LogP contribution in [0.2, 0.25) is 5.15 Å². The second-order valence-corrected chi connectivity index (χ2v) is 5.79. The summed E-state index contributed by atoms with van der Waals surface area (Å²) in [6.07, 6.45) is 0. The van der Waals surface area contributed by atoms with Crippen molar-refractivity contribution >= 4 is 17.5 Å². The maximum atomic E-state index is 13.0. The van der Waals surface area contributed by atoms with E-state index in [9.17, 15) is 4.79 Å². The minimum atomic E-state index is -0.108. The van der Waals surface area contributed by atoms with Crippen LogP contribution in [-0.4, -0.2) is 33.7 Å². The van der Waals surface area contributed by atoms with Crippen molar-refractivity contribution in [1.29, 1.82) is 0 Å². The highest BCUT2D eigenvalue weighted by Crippen LogP contribution is 2.33. The molecule has 2 aromatic rings. The molecule has 0 bridgehead atoms. The minimum Gasteiger partial charge on any atom is -0.491 e. The largest absolute Gasteiger partial charge is 0.491 e. The van der Waals surface area contributed by atoms with Gasteiger partial charge in [-0.25, -0.2) is 0 Å². The molecule has 0 spiro atoms. The highest BCUT2D eigenvalue weighted by molar-refractivity contribution is 6.33. The summed E-state index contributed by atoms with van der Waals surface area (Å²) in [6, 6.07) is 7.73. The molecule has 5 nitrogen and oxygen atoms in total. The lowest BCUT2D eigenvalue weighted by molar-refractivity contribution is 0.0681. The Morgan fingerprint density at radius 3 is 2.82 bits per heavy atom. The maximum absolute atomic E-state index is 13.0. The van der Waals surface area contributed by atoms with Crippen LogP contribution in [-0.2, 0) is 7.05 Å². The van der Waals surface area contributed by atoms with E-state index in [2.05, 4.69) is 5.10 Å². The molecule has 1 aromatic heterocycles. The zero-order valence-electron chi connectivity index (χ0n) is 12.8. The van der Waals surface area contributed by atoms with Crippen molar-refractivity contribution in [3.05, 3.63) is 46.2 Å². The van der Waals surface area contributed by atoms with E-state index >= 15 is 0 Å². The van der Waals surface area contributed by atoms with Gasteiger partial charge in [-0.2, -0.15) is 5.10 Å². The molecule has 0 saturated carbocycles. The van der Waals surface area contributed by atoms with Crippen molar-refractivity contribution < 1.29 is 9.53 Å². The van der Waals surface area contributed by atoms with Gasteiger partial charge in [-0.1, -0.05) is 29.8 Å². The summed E-state index contributed by atoms with van der Waals surface area (Å²) in [7, 11) is 1.73. The Labute approximate surface area is 134 Å². The Hall–Kier alpha value is -2.01. The first kappa shape index (κ1) is 14.9. The summed E-state index contributed by atoms with van der Waals surface area (Å²) in [6.45, 7) is 4.78. The lowest BCUT2D eigenvalue weighted by atomic mass is 10.1. The molecule has 1 aromatic carbocycles. The van der Waals surface area contributed by atoms with Crippen LogP contribution in [0.15, 0.2) is 24.3 Å². The van der Waals surface area contributed by atoms with Crippen LogP contribution in [0.25, 0.3) is 0 Å². The molecule has 1 unspecified atom stereocenters. The molecule has 6 heteroatoms. The van der Waals surface area contributed by atoms with Gasteiger partial charge in [0.25, 0.3) is 5.91 Å². The number of halogens is 1. The summed E-state index contributed by atoms with van der Waals surface area (Å²) in [4.78, 5) is 14.8. The van der Waals surface area contributed by atoms with Crippen molar-refractivity contribution in [3.63, 3.8) is 0 Å². The van der Waals surface area contributed by atoms with Gasteiger partial charge in [0.15, 0.2) is 0 Å². The molecule has 1 aliphatic rings. The van der Waals surface area contributed by atoms with E-state index in [1.165, 1.54) is 4.68 Å². The second kappa shape index (κ2) is 5.65. The van der Waals surface area contributed by atoms with E-state index in [0.717, 1.165) is 11.3 Å². The number of aryl methyl sites for hydroxylation is 2. The molecule has 1 amide bonds. The van der Waals surface area contributed by atoms with Crippen molar-refractivity contribution in [2.24, 2.45) is 7.05 Å². The zero-order valence-corrected chi connectivity index (χ0v) is 13.6. The fourth-order valence-electron chi connectivity index (χ4n) is 2.87. The normalized spacial score (nSPS) is 17.6. The monoisotopic (exact) mass is 319 g/mol. The Morgan fingerprint density at radius 2 is 2.14 bits per heavy atom. The number of ether oxygens (including phenoxy) is 1. The van der Waals surface area contributed by atoms with Gasteiger partial charge < -0.3 is 9.64 Å². The second-order valence-electron chi connectivity index (χ2n) is 5.44. The summed E-state index contributed by atoms with van der Waals surface area (Å²) < 4.78 is 7.28. The highest BCUT2D eigenvalue weighted by atomic mass is 35.5. The molecular formula is C16H18ClN3O2. The van der Waals surface area contributed by atoms with Gasteiger partial charge in [0.2, 0.25) is 0 Å². The number of benzene rings is 1. The number of nitrogens with zero attached hydrogens (tertiary/aromatic N) is 3. The Morgan fingerprint density at radius 1 is 1.41 bits per heavy atom. The van der Waals surface area contributed by atoms with Crippen LogP contribution in [0.4, 0.5) is 0 Å². The number of hydrogen-bond acceptors (Lipinski definition) is 3. The lowest BCUT2D eigenvalue weighted by Gasteiger charge is -2.27. The number of hydrogen-bond donors (Lipinski definition) is 0. The number of carbonyl (C=O) groups is 1. The smallest absolute Gasteiger partial charge is 0.259 e. The van der Waals surface area contributed by atoms with Crippen LogP contribution >= 0.6 is 11.6 Å². The number of fused-ring (bicyclic) bond motifs is 1. The first-order valence-corrected chi connectivity index (χ1v) is 7.60. The van der Waals surface area contributed by atoms with E-state index in [0.29, 0.717) is 29.6 Å². The fraction of sp³-hybridized carbons (Fsp3) is 0.375. The molecule has 1 atom stereocenters.